The summed E-state index contributed by atoms with van der Waals surface area (Å²) in [4.78, 5) is 17.6. The number of fused-ring (bicyclic) bond motifs is 2. The highest BCUT2D eigenvalue weighted by molar-refractivity contribution is 7.99. The third-order valence-corrected chi connectivity index (χ3v) is 11.9. The molecule has 0 saturated heterocycles. The molecule has 264 valence electrons. The summed E-state index contributed by atoms with van der Waals surface area (Å²) in [5.41, 5.74) is 12.0. The molecule has 0 radical (unpaired) electrons. The molecule has 0 bridgehead atoms. The highest BCUT2D eigenvalue weighted by Crippen LogP contribution is 2.56. The first kappa shape index (κ1) is 33.7. The van der Waals surface area contributed by atoms with Gasteiger partial charge in [-0.1, -0.05) is 206 Å². The van der Waals surface area contributed by atoms with Gasteiger partial charge in [0.2, 0.25) is 0 Å². The monoisotopic (exact) mass is 733 g/mol. The van der Waals surface area contributed by atoms with Crippen molar-refractivity contribution in [3.05, 3.63) is 235 Å². The normalized spacial score (nSPS) is 12.7. The van der Waals surface area contributed by atoms with Crippen molar-refractivity contribution in [1.29, 1.82) is 0 Å². The second-order valence-electron chi connectivity index (χ2n) is 14.0. The summed E-state index contributed by atoms with van der Waals surface area (Å²) >= 11 is 1.85. The Labute approximate surface area is 331 Å². The summed E-state index contributed by atoms with van der Waals surface area (Å²) in [5.74, 6) is 1.92. The van der Waals surface area contributed by atoms with Crippen molar-refractivity contribution in [2.45, 2.75) is 15.2 Å². The van der Waals surface area contributed by atoms with Crippen LogP contribution in [0.25, 0.3) is 56.4 Å². The van der Waals surface area contributed by atoms with E-state index in [9.17, 15) is 0 Å². The maximum absolute atomic E-state index is 5.04. The van der Waals surface area contributed by atoms with Gasteiger partial charge in [-0.25, -0.2) is 15.0 Å². The van der Waals surface area contributed by atoms with Gasteiger partial charge in [0.25, 0.3) is 0 Å². The van der Waals surface area contributed by atoms with E-state index < -0.39 is 5.41 Å². The van der Waals surface area contributed by atoms with Gasteiger partial charge < -0.3 is 0 Å². The SMILES string of the molecule is c1ccc(-c2ccc(-c3nc(-c4ccccc4)nc(-c4ccc(-c5ccc6c(c5)C(c5ccccc5)(c5ccccc5)c5ccccc5S6)cc4)n3)cc2)cc1. The summed E-state index contributed by atoms with van der Waals surface area (Å²) in [5, 5.41) is 0. The molecule has 0 fully saturated rings. The van der Waals surface area contributed by atoms with Crippen molar-refractivity contribution in [1.82, 2.24) is 15.0 Å². The van der Waals surface area contributed by atoms with Gasteiger partial charge in [0.1, 0.15) is 0 Å². The Kier molecular flexibility index (Phi) is 8.66. The molecule has 3 nitrogen and oxygen atoms in total. The highest BCUT2D eigenvalue weighted by atomic mass is 32.2. The molecule has 1 aliphatic rings. The van der Waals surface area contributed by atoms with E-state index >= 15 is 0 Å². The third-order valence-electron chi connectivity index (χ3n) is 10.7. The van der Waals surface area contributed by atoms with Crippen molar-refractivity contribution < 1.29 is 0 Å². The van der Waals surface area contributed by atoms with Crippen LogP contribution in [0.3, 0.4) is 0 Å². The van der Waals surface area contributed by atoms with Crippen LogP contribution < -0.4 is 0 Å². The Hall–Kier alpha value is -6.88. The molecule has 9 aromatic rings. The van der Waals surface area contributed by atoms with Crippen molar-refractivity contribution in [2.24, 2.45) is 0 Å². The molecule has 1 aromatic heterocycles. The maximum atomic E-state index is 5.04. The van der Waals surface area contributed by atoms with Gasteiger partial charge in [-0.3, -0.25) is 0 Å². The van der Waals surface area contributed by atoms with E-state index in [1.165, 1.54) is 37.6 Å². The minimum Gasteiger partial charge on any atom is -0.208 e. The second-order valence-corrected chi connectivity index (χ2v) is 15.1. The van der Waals surface area contributed by atoms with Crippen LogP contribution in [0.4, 0.5) is 0 Å². The van der Waals surface area contributed by atoms with Crippen LogP contribution in [-0.4, -0.2) is 15.0 Å². The van der Waals surface area contributed by atoms with Gasteiger partial charge in [-0.2, -0.15) is 0 Å². The zero-order valence-electron chi connectivity index (χ0n) is 30.5. The summed E-state index contributed by atoms with van der Waals surface area (Å²) in [7, 11) is 0. The minimum atomic E-state index is -0.482. The van der Waals surface area contributed by atoms with E-state index in [2.05, 4.69) is 176 Å². The third kappa shape index (κ3) is 6.01. The molecule has 8 aromatic carbocycles. The first-order chi connectivity index (χ1) is 27.7. The maximum Gasteiger partial charge on any atom is 0.164 e. The Morgan fingerprint density at radius 2 is 0.643 bits per heavy atom. The van der Waals surface area contributed by atoms with Crippen LogP contribution in [0.5, 0.6) is 0 Å². The van der Waals surface area contributed by atoms with Gasteiger partial charge in [0.05, 0.1) is 5.41 Å². The number of nitrogens with zero attached hydrogens (tertiary/aromatic N) is 3. The lowest BCUT2D eigenvalue weighted by atomic mass is 9.64. The lowest BCUT2D eigenvalue weighted by molar-refractivity contribution is 0.703. The van der Waals surface area contributed by atoms with Crippen LogP contribution in [0, 0.1) is 0 Å². The molecule has 4 heteroatoms. The lowest BCUT2D eigenvalue weighted by Crippen LogP contribution is -2.34. The molecular formula is C52H35N3S. The molecular weight excluding hydrogens is 699 g/mol. The molecule has 0 saturated carbocycles. The van der Waals surface area contributed by atoms with Gasteiger partial charge in [0, 0.05) is 26.5 Å². The van der Waals surface area contributed by atoms with Crippen molar-refractivity contribution >= 4 is 11.8 Å². The molecule has 0 N–H and O–H groups in total. The number of aromatic nitrogens is 3. The molecule has 56 heavy (non-hydrogen) atoms. The first-order valence-corrected chi connectivity index (χ1v) is 19.7. The van der Waals surface area contributed by atoms with Crippen LogP contribution in [0.2, 0.25) is 0 Å². The number of rotatable bonds is 7. The average molecular weight is 734 g/mol. The first-order valence-electron chi connectivity index (χ1n) is 18.9. The molecule has 0 amide bonds. The second kappa shape index (κ2) is 14.4. The van der Waals surface area contributed by atoms with Crippen LogP contribution >= 0.6 is 11.8 Å². The van der Waals surface area contributed by atoms with E-state index in [0.717, 1.165) is 33.4 Å². The summed E-state index contributed by atoms with van der Waals surface area (Å²) < 4.78 is 0. The largest absolute Gasteiger partial charge is 0.208 e. The Bertz CT molecular complexity index is 2750. The average Bonchev–Trinajstić information content (AvgIpc) is 3.29. The van der Waals surface area contributed by atoms with Crippen molar-refractivity contribution in [3.8, 4) is 56.4 Å². The topological polar surface area (TPSA) is 38.7 Å². The molecule has 0 unspecified atom stereocenters. The predicted octanol–water partition coefficient (Wildman–Crippen LogP) is 13.1. The Morgan fingerprint density at radius 1 is 0.286 bits per heavy atom. The fraction of sp³-hybridized carbons (Fsp3) is 0.0192. The molecule has 0 spiro atoms. The zero-order chi connectivity index (χ0) is 37.3. The van der Waals surface area contributed by atoms with Crippen molar-refractivity contribution in [3.63, 3.8) is 0 Å². The van der Waals surface area contributed by atoms with Crippen LogP contribution in [0.15, 0.2) is 222 Å². The minimum absolute atomic E-state index is 0.482. The lowest BCUT2D eigenvalue weighted by Gasteiger charge is -2.42. The van der Waals surface area contributed by atoms with E-state index in [0.29, 0.717) is 17.5 Å². The number of hydrogen-bond donors (Lipinski definition) is 0. The van der Waals surface area contributed by atoms with E-state index in [1.54, 1.807) is 0 Å². The number of benzene rings is 8. The van der Waals surface area contributed by atoms with Gasteiger partial charge in [-0.15, -0.1) is 0 Å². The van der Waals surface area contributed by atoms with Crippen LogP contribution in [-0.2, 0) is 5.41 Å². The summed E-state index contributed by atoms with van der Waals surface area (Å²) in [6.45, 7) is 0. The van der Waals surface area contributed by atoms with E-state index in [4.69, 9.17) is 15.0 Å². The smallest absolute Gasteiger partial charge is 0.164 e. The molecule has 0 atom stereocenters. The molecule has 10 rings (SSSR count). The van der Waals surface area contributed by atoms with Gasteiger partial charge >= 0.3 is 0 Å². The molecule has 1 aliphatic heterocycles. The van der Waals surface area contributed by atoms with Crippen LogP contribution in [0.1, 0.15) is 22.3 Å². The van der Waals surface area contributed by atoms with Gasteiger partial charge in [0.15, 0.2) is 17.5 Å². The Balaban J connectivity index is 1.06. The number of hydrogen-bond acceptors (Lipinski definition) is 4. The standard InChI is InChI=1S/C52H35N3S/c1-5-15-36(16-6-1)37-25-29-40(30-26-37)50-53-49(39-17-7-2-8-18-39)54-51(55-50)41-31-27-38(28-32-41)42-33-34-48-46(35-42)52(43-19-9-3-10-20-43,44-21-11-4-12-22-44)45-23-13-14-24-47(45)56-48/h1-35H. The quantitative estimate of drug-likeness (QED) is 0.163. The Morgan fingerprint density at radius 3 is 1.18 bits per heavy atom. The zero-order valence-corrected chi connectivity index (χ0v) is 31.3. The van der Waals surface area contributed by atoms with Gasteiger partial charge in [-0.05, 0) is 62.7 Å². The molecule has 0 aliphatic carbocycles. The fourth-order valence-corrected chi connectivity index (χ4v) is 9.16. The summed E-state index contributed by atoms with van der Waals surface area (Å²) in [6, 6.07) is 75.4. The fourth-order valence-electron chi connectivity index (χ4n) is 7.99. The van der Waals surface area contributed by atoms with Crippen molar-refractivity contribution in [2.75, 3.05) is 0 Å². The predicted molar refractivity (Wildman–Crippen MR) is 229 cm³/mol. The molecule has 2 heterocycles. The summed E-state index contributed by atoms with van der Waals surface area (Å²) in [6.07, 6.45) is 0. The van der Waals surface area contributed by atoms with E-state index in [-0.39, 0.29) is 0 Å². The highest BCUT2D eigenvalue weighted by Gasteiger charge is 2.44. The van der Waals surface area contributed by atoms with E-state index in [1.807, 2.05) is 48.2 Å².